The molecule has 0 unspecified atom stereocenters. The first-order valence-corrected chi connectivity index (χ1v) is 3.63. The van der Waals surface area contributed by atoms with Gasteiger partial charge in [-0.05, 0) is 35.5 Å². The van der Waals surface area contributed by atoms with Crippen LogP contribution in [0.5, 0.6) is 0 Å². The zero-order valence-corrected chi connectivity index (χ0v) is 8.73. The van der Waals surface area contributed by atoms with Gasteiger partial charge in [0.2, 0.25) is 0 Å². The molecule has 0 radical (unpaired) electrons. The monoisotopic (exact) mass is 230 g/mol. The number of hydrogen-bond donors (Lipinski definition) is 0. The van der Waals surface area contributed by atoms with Crippen molar-refractivity contribution in [3.05, 3.63) is 47.6 Å². The molecule has 0 amide bonds. The molecule has 0 aromatic heterocycles. The predicted octanol–water partition coefficient (Wildman–Crippen LogP) is 1.96. The lowest BCUT2D eigenvalue weighted by Crippen LogP contribution is -2.03. The van der Waals surface area contributed by atoms with Gasteiger partial charge in [0.15, 0.2) is 11.6 Å². The Hall–Kier alpha value is -1.12. The summed E-state index contributed by atoms with van der Waals surface area (Å²) in [5.41, 5.74) is 1.64. The molecule has 0 aromatic rings. The van der Waals surface area contributed by atoms with E-state index in [1.807, 2.05) is 0 Å². The van der Waals surface area contributed by atoms with Gasteiger partial charge in [0.25, 0.3) is 0 Å². The van der Waals surface area contributed by atoms with Crippen molar-refractivity contribution in [2.45, 2.75) is 0 Å². The van der Waals surface area contributed by atoms with Gasteiger partial charge in [-0.1, -0.05) is 12.2 Å². The lowest BCUT2D eigenvalue weighted by atomic mass is 9.94. The third-order valence-electron chi connectivity index (χ3n) is 1.78. The number of hydrogen-bond acceptors (Lipinski definition) is 2. The Kier molecular flexibility index (Phi) is 4.54. The number of allylic oxidation sites excluding steroid dienone is 8. The molecule has 0 bridgehead atoms. The van der Waals surface area contributed by atoms with Gasteiger partial charge in [-0.15, -0.1) is 24.8 Å². The quantitative estimate of drug-likeness (QED) is 0.638. The Labute approximate surface area is 93.9 Å². The van der Waals surface area contributed by atoms with E-state index in [-0.39, 0.29) is 36.4 Å². The summed E-state index contributed by atoms with van der Waals surface area (Å²) >= 11 is 0. The molecule has 2 aliphatic carbocycles. The molecule has 2 rings (SSSR count). The van der Waals surface area contributed by atoms with E-state index in [1.54, 1.807) is 12.2 Å². The smallest absolute Gasteiger partial charge is 0.179 e. The van der Waals surface area contributed by atoms with Crippen LogP contribution in [0.1, 0.15) is 0 Å². The van der Waals surface area contributed by atoms with Crippen molar-refractivity contribution in [2.75, 3.05) is 0 Å². The highest BCUT2D eigenvalue weighted by molar-refractivity contribution is 6.08. The number of halogens is 2. The number of fused-ring (bicyclic) bond motifs is 1. The SMILES string of the molecule is Cl.Cl.O=C1C=CC2=CC(=O)C=CC2=C1. The van der Waals surface area contributed by atoms with Gasteiger partial charge in [0, 0.05) is 0 Å². The fourth-order valence-electron chi connectivity index (χ4n) is 1.20. The van der Waals surface area contributed by atoms with Gasteiger partial charge in [0.1, 0.15) is 0 Å². The standard InChI is InChI=1S/C10H6O2.2ClH/c11-9-3-1-7-5-10(12)4-2-8(7)6-9;;/h1-6H;2*1H. The molecule has 0 spiro atoms. The van der Waals surface area contributed by atoms with Crippen LogP contribution in [0.3, 0.4) is 0 Å². The Morgan fingerprint density at radius 3 is 1.36 bits per heavy atom. The third kappa shape index (κ3) is 2.44. The second kappa shape index (κ2) is 4.94. The maximum absolute atomic E-state index is 10.9. The average Bonchev–Trinajstić information content (AvgIpc) is 2.05. The Balaban J connectivity index is 0.000000845. The summed E-state index contributed by atoms with van der Waals surface area (Å²) in [5.74, 6) is -0.0534. The summed E-state index contributed by atoms with van der Waals surface area (Å²) in [6, 6.07) is 0. The highest BCUT2D eigenvalue weighted by atomic mass is 35.5. The molecule has 74 valence electrons. The summed E-state index contributed by atoms with van der Waals surface area (Å²) in [6.45, 7) is 0. The minimum atomic E-state index is -0.0267. The van der Waals surface area contributed by atoms with Crippen molar-refractivity contribution < 1.29 is 9.59 Å². The van der Waals surface area contributed by atoms with E-state index in [4.69, 9.17) is 0 Å². The van der Waals surface area contributed by atoms with Crippen LogP contribution >= 0.6 is 24.8 Å². The van der Waals surface area contributed by atoms with Crippen LogP contribution in [0.25, 0.3) is 0 Å². The molecule has 14 heavy (non-hydrogen) atoms. The average molecular weight is 231 g/mol. The van der Waals surface area contributed by atoms with Gasteiger partial charge in [-0.3, -0.25) is 9.59 Å². The second-order valence-electron chi connectivity index (χ2n) is 2.67. The lowest BCUT2D eigenvalue weighted by Gasteiger charge is -2.09. The zero-order chi connectivity index (χ0) is 8.55. The maximum Gasteiger partial charge on any atom is 0.179 e. The molecule has 2 aliphatic rings. The van der Waals surface area contributed by atoms with Crippen LogP contribution in [0.15, 0.2) is 47.6 Å². The molecular weight excluding hydrogens is 223 g/mol. The highest BCUT2D eigenvalue weighted by Gasteiger charge is 2.11. The summed E-state index contributed by atoms with van der Waals surface area (Å²) in [6.07, 6.45) is 9.30. The lowest BCUT2D eigenvalue weighted by molar-refractivity contribution is -0.111. The third-order valence-corrected chi connectivity index (χ3v) is 1.78. The predicted molar refractivity (Wildman–Crippen MR) is 59.0 cm³/mol. The molecule has 4 heteroatoms. The van der Waals surface area contributed by atoms with Gasteiger partial charge in [-0.2, -0.15) is 0 Å². The Morgan fingerprint density at radius 1 is 0.643 bits per heavy atom. The van der Waals surface area contributed by atoms with Crippen molar-refractivity contribution in [2.24, 2.45) is 0 Å². The van der Waals surface area contributed by atoms with E-state index in [0.717, 1.165) is 11.1 Å². The minimum absolute atomic E-state index is 0. The summed E-state index contributed by atoms with van der Waals surface area (Å²) in [4.78, 5) is 21.8. The molecule has 0 aromatic carbocycles. The van der Waals surface area contributed by atoms with Crippen molar-refractivity contribution in [1.82, 2.24) is 0 Å². The molecule has 0 atom stereocenters. The first-order chi connectivity index (χ1) is 5.75. The molecule has 0 saturated heterocycles. The van der Waals surface area contributed by atoms with E-state index in [9.17, 15) is 9.59 Å². The van der Waals surface area contributed by atoms with Crippen LogP contribution in [0, 0.1) is 0 Å². The van der Waals surface area contributed by atoms with Crippen LogP contribution in [-0.4, -0.2) is 11.6 Å². The molecule has 0 N–H and O–H groups in total. The van der Waals surface area contributed by atoms with Crippen LogP contribution in [-0.2, 0) is 9.59 Å². The fraction of sp³-hybridized carbons (Fsp3) is 0. The molecule has 0 fully saturated rings. The zero-order valence-electron chi connectivity index (χ0n) is 7.10. The second-order valence-corrected chi connectivity index (χ2v) is 2.67. The molecule has 0 heterocycles. The largest absolute Gasteiger partial charge is 0.290 e. The van der Waals surface area contributed by atoms with Gasteiger partial charge in [-0.25, -0.2) is 0 Å². The molecule has 0 saturated carbocycles. The van der Waals surface area contributed by atoms with E-state index in [2.05, 4.69) is 0 Å². The molecule has 2 nitrogen and oxygen atoms in total. The summed E-state index contributed by atoms with van der Waals surface area (Å²) < 4.78 is 0. The van der Waals surface area contributed by atoms with Crippen LogP contribution in [0.2, 0.25) is 0 Å². The first-order valence-electron chi connectivity index (χ1n) is 3.63. The normalized spacial score (nSPS) is 17.4. The minimum Gasteiger partial charge on any atom is -0.290 e. The Bertz CT molecular complexity index is 349. The highest BCUT2D eigenvalue weighted by Crippen LogP contribution is 2.20. The van der Waals surface area contributed by atoms with E-state index in [0.29, 0.717) is 0 Å². The number of ketones is 2. The number of carbonyl (C=O) groups excluding carboxylic acids is 2. The summed E-state index contributed by atoms with van der Waals surface area (Å²) in [5, 5.41) is 0. The van der Waals surface area contributed by atoms with Crippen molar-refractivity contribution >= 4 is 36.4 Å². The van der Waals surface area contributed by atoms with Crippen LogP contribution < -0.4 is 0 Å². The van der Waals surface area contributed by atoms with Crippen LogP contribution in [0.4, 0.5) is 0 Å². The number of rotatable bonds is 0. The van der Waals surface area contributed by atoms with Gasteiger partial charge in [0.05, 0.1) is 0 Å². The van der Waals surface area contributed by atoms with Crippen molar-refractivity contribution in [1.29, 1.82) is 0 Å². The topological polar surface area (TPSA) is 34.1 Å². The molecule has 0 aliphatic heterocycles. The fourth-order valence-corrected chi connectivity index (χ4v) is 1.20. The van der Waals surface area contributed by atoms with E-state index >= 15 is 0 Å². The summed E-state index contributed by atoms with van der Waals surface area (Å²) in [7, 11) is 0. The van der Waals surface area contributed by atoms with Crippen molar-refractivity contribution in [3.63, 3.8) is 0 Å². The molecular formula is C10H8Cl2O2. The number of carbonyl (C=O) groups is 2. The van der Waals surface area contributed by atoms with E-state index in [1.165, 1.54) is 24.3 Å². The Morgan fingerprint density at radius 2 is 1.00 bits per heavy atom. The maximum atomic E-state index is 10.9. The van der Waals surface area contributed by atoms with Crippen molar-refractivity contribution in [3.8, 4) is 0 Å². The first kappa shape index (κ1) is 12.9. The van der Waals surface area contributed by atoms with E-state index < -0.39 is 0 Å². The van der Waals surface area contributed by atoms with Gasteiger partial charge >= 0.3 is 0 Å². The van der Waals surface area contributed by atoms with Gasteiger partial charge < -0.3 is 0 Å².